The number of halogens is 1. The maximum Gasteiger partial charge on any atom is 0.216 e. The zero-order chi connectivity index (χ0) is 15.8. The molecule has 128 valence electrons. The van der Waals surface area contributed by atoms with Gasteiger partial charge in [-0.3, -0.25) is 5.10 Å². The van der Waals surface area contributed by atoms with Crippen LogP contribution in [0.2, 0.25) is 0 Å². The number of nitrogens with one attached hydrogen (secondary N) is 3. The van der Waals surface area contributed by atoms with E-state index in [1.54, 1.807) is 19.4 Å². The molecule has 9 heteroatoms. The lowest BCUT2D eigenvalue weighted by Gasteiger charge is -2.16. The smallest absolute Gasteiger partial charge is 0.216 e. The Morgan fingerprint density at radius 3 is 3.00 bits per heavy atom. The monoisotopic (exact) mass is 434 g/mol. The van der Waals surface area contributed by atoms with Crippen LogP contribution in [0.15, 0.2) is 27.8 Å². The topological polar surface area (TPSA) is 100 Å². The van der Waals surface area contributed by atoms with Crippen molar-refractivity contribution in [3.63, 3.8) is 0 Å². The van der Waals surface area contributed by atoms with E-state index >= 15 is 0 Å². The molecule has 0 bridgehead atoms. The van der Waals surface area contributed by atoms with Gasteiger partial charge < -0.3 is 19.8 Å². The zero-order valence-electron chi connectivity index (χ0n) is 13.5. The van der Waals surface area contributed by atoms with Crippen LogP contribution >= 0.6 is 24.0 Å². The zero-order valence-corrected chi connectivity index (χ0v) is 15.8. The highest BCUT2D eigenvalue weighted by molar-refractivity contribution is 14.0. The highest BCUT2D eigenvalue weighted by Gasteiger charge is 2.09. The van der Waals surface area contributed by atoms with Crippen molar-refractivity contribution in [1.82, 2.24) is 25.8 Å². The van der Waals surface area contributed by atoms with Crippen molar-refractivity contribution < 1.29 is 9.15 Å². The van der Waals surface area contributed by atoms with Crippen molar-refractivity contribution in [3.8, 4) is 11.6 Å². The molecule has 1 unspecified atom stereocenters. The molecule has 0 aromatic carbocycles. The van der Waals surface area contributed by atoms with Gasteiger partial charge in [0.2, 0.25) is 5.82 Å². The summed E-state index contributed by atoms with van der Waals surface area (Å²) in [5.74, 6) is 2.54. The van der Waals surface area contributed by atoms with Crippen LogP contribution in [0.5, 0.6) is 0 Å². The van der Waals surface area contributed by atoms with Crippen LogP contribution in [0.3, 0.4) is 0 Å². The first-order valence-electron chi connectivity index (χ1n) is 7.21. The molecule has 3 N–H and O–H groups in total. The molecule has 2 aromatic rings. The van der Waals surface area contributed by atoms with Crippen LogP contribution in [-0.2, 0) is 11.3 Å². The van der Waals surface area contributed by atoms with Crippen molar-refractivity contribution >= 4 is 29.9 Å². The predicted octanol–water partition coefficient (Wildman–Crippen LogP) is 1.77. The summed E-state index contributed by atoms with van der Waals surface area (Å²) in [6.07, 6.45) is 1.59. The van der Waals surface area contributed by atoms with E-state index in [0.29, 0.717) is 36.5 Å². The number of aromatic nitrogens is 3. The third-order valence-corrected chi connectivity index (χ3v) is 2.80. The molecule has 0 spiro atoms. The summed E-state index contributed by atoms with van der Waals surface area (Å²) in [5, 5.41) is 13.4. The van der Waals surface area contributed by atoms with E-state index in [9.17, 15) is 0 Å². The van der Waals surface area contributed by atoms with Gasteiger partial charge in [0.05, 0.1) is 12.9 Å². The van der Waals surface area contributed by atoms with Gasteiger partial charge in [0.25, 0.3) is 0 Å². The van der Waals surface area contributed by atoms with Crippen molar-refractivity contribution in [2.24, 2.45) is 4.99 Å². The van der Waals surface area contributed by atoms with Crippen LogP contribution in [0.25, 0.3) is 11.6 Å². The van der Waals surface area contributed by atoms with Gasteiger partial charge in [-0.1, -0.05) is 0 Å². The summed E-state index contributed by atoms with van der Waals surface area (Å²) >= 11 is 0. The molecule has 2 aromatic heterocycles. The van der Waals surface area contributed by atoms with Gasteiger partial charge in [0.15, 0.2) is 11.7 Å². The third-order valence-electron chi connectivity index (χ3n) is 2.80. The maximum absolute atomic E-state index is 5.26. The number of rotatable bonds is 7. The Balaban J connectivity index is 0.00000264. The molecule has 2 heterocycles. The number of methoxy groups -OCH3 is 1. The number of guanidine groups is 1. The van der Waals surface area contributed by atoms with Crippen LogP contribution in [0, 0.1) is 0 Å². The molecular weight excluding hydrogens is 411 g/mol. The number of hydrogen-bond acceptors (Lipinski definition) is 5. The maximum atomic E-state index is 5.26. The van der Waals surface area contributed by atoms with Gasteiger partial charge in [-0.15, -0.1) is 29.1 Å². The molecule has 0 amide bonds. The summed E-state index contributed by atoms with van der Waals surface area (Å²) in [6, 6.07) is 3.78. The van der Waals surface area contributed by atoms with Crippen LogP contribution < -0.4 is 10.6 Å². The minimum Gasteiger partial charge on any atom is -0.461 e. The standard InChI is InChI=1S/C14H22N6O2.HI/c1-4-15-14(17-10(2)9-21-3)16-8-12-18-13(20-19-12)11-6-5-7-22-11;/h5-7,10H,4,8-9H2,1-3H3,(H2,15,16,17)(H,18,19,20);1H. The molecule has 0 radical (unpaired) electrons. The van der Waals surface area contributed by atoms with E-state index in [4.69, 9.17) is 9.15 Å². The van der Waals surface area contributed by atoms with Crippen LogP contribution in [0.1, 0.15) is 19.7 Å². The van der Waals surface area contributed by atoms with Crippen LogP contribution in [-0.4, -0.2) is 47.4 Å². The number of aliphatic imine (C=N–C) groups is 1. The Bertz CT molecular complexity index is 584. The Morgan fingerprint density at radius 1 is 1.52 bits per heavy atom. The number of hydrogen-bond donors (Lipinski definition) is 3. The molecular formula is C14H23IN6O2. The average Bonchev–Trinajstić information content (AvgIpc) is 3.16. The van der Waals surface area contributed by atoms with Gasteiger partial charge in [-0.25, -0.2) is 9.98 Å². The molecule has 0 fully saturated rings. The van der Waals surface area contributed by atoms with E-state index in [2.05, 4.69) is 30.8 Å². The number of H-pyrrole nitrogens is 1. The minimum atomic E-state index is 0. The molecule has 2 rings (SSSR count). The van der Waals surface area contributed by atoms with Gasteiger partial charge in [0, 0.05) is 19.7 Å². The molecule has 0 saturated carbocycles. The van der Waals surface area contributed by atoms with Crippen molar-refractivity contribution in [2.75, 3.05) is 20.3 Å². The lowest BCUT2D eigenvalue weighted by atomic mass is 10.4. The summed E-state index contributed by atoms with van der Waals surface area (Å²) in [7, 11) is 1.67. The predicted molar refractivity (Wildman–Crippen MR) is 98.8 cm³/mol. The van der Waals surface area contributed by atoms with Crippen molar-refractivity contribution in [1.29, 1.82) is 0 Å². The van der Waals surface area contributed by atoms with E-state index < -0.39 is 0 Å². The van der Waals surface area contributed by atoms with Crippen molar-refractivity contribution in [2.45, 2.75) is 26.4 Å². The molecule has 0 aliphatic carbocycles. The van der Waals surface area contributed by atoms with E-state index in [0.717, 1.165) is 6.54 Å². The quantitative estimate of drug-likeness (QED) is 0.349. The molecule has 1 atom stereocenters. The second-order valence-corrected chi connectivity index (χ2v) is 4.78. The number of furan rings is 1. The van der Waals surface area contributed by atoms with Gasteiger partial charge in [-0.2, -0.15) is 0 Å². The summed E-state index contributed by atoms with van der Waals surface area (Å²) in [6.45, 7) is 5.82. The SMILES string of the molecule is CCNC(=NCc1nc(-c2ccco2)n[nH]1)NC(C)COC.I. The average molecular weight is 434 g/mol. The summed E-state index contributed by atoms with van der Waals surface area (Å²) in [4.78, 5) is 8.83. The molecule has 23 heavy (non-hydrogen) atoms. The Labute approximate surface area is 152 Å². The Morgan fingerprint density at radius 2 is 2.35 bits per heavy atom. The first-order chi connectivity index (χ1) is 10.7. The third kappa shape index (κ3) is 6.18. The van der Waals surface area contributed by atoms with Crippen LogP contribution in [0.4, 0.5) is 0 Å². The number of ether oxygens (including phenoxy) is 1. The number of aromatic amines is 1. The van der Waals surface area contributed by atoms with Crippen molar-refractivity contribution in [3.05, 3.63) is 24.2 Å². The van der Waals surface area contributed by atoms with E-state index in [1.165, 1.54) is 0 Å². The lowest BCUT2D eigenvalue weighted by Crippen LogP contribution is -2.43. The first kappa shape index (κ1) is 19.4. The highest BCUT2D eigenvalue weighted by Crippen LogP contribution is 2.14. The number of nitrogens with zero attached hydrogens (tertiary/aromatic N) is 3. The highest BCUT2D eigenvalue weighted by atomic mass is 127. The van der Waals surface area contributed by atoms with E-state index in [1.807, 2.05) is 19.9 Å². The second kappa shape index (κ2) is 10.2. The normalized spacial score (nSPS) is 12.6. The van der Waals surface area contributed by atoms with E-state index in [-0.39, 0.29) is 30.0 Å². The van der Waals surface area contributed by atoms with Gasteiger partial charge >= 0.3 is 0 Å². The lowest BCUT2D eigenvalue weighted by molar-refractivity contribution is 0.179. The van der Waals surface area contributed by atoms with Gasteiger partial charge in [0.1, 0.15) is 12.4 Å². The minimum absolute atomic E-state index is 0. The Hall–Kier alpha value is -1.62. The summed E-state index contributed by atoms with van der Waals surface area (Å²) < 4.78 is 10.4. The second-order valence-electron chi connectivity index (χ2n) is 4.78. The van der Waals surface area contributed by atoms with Gasteiger partial charge in [-0.05, 0) is 26.0 Å². The largest absolute Gasteiger partial charge is 0.461 e. The fourth-order valence-corrected chi connectivity index (χ4v) is 1.88. The summed E-state index contributed by atoms with van der Waals surface area (Å²) in [5.41, 5.74) is 0. The molecule has 0 saturated heterocycles. The Kier molecular flexibility index (Phi) is 8.62. The molecule has 0 aliphatic rings. The fraction of sp³-hybridized carbons (Fsp3) is 0.500. The fourth-order valence-electron chi connectivity index (χ4n) is 1.88. The first-order valence-corrected chi connectivity index (χ1v) is 7.21. The molecule has 0 aliphatic heterocycles. The molecule has 8 nitrogen and oxygen atoms in total.